The third kappa shape index (κ3) is 1.18. The molecule has 2 bridgehead atoms. The summed E-state index contributed by atoms with van der Waals surface area (Å²) in [6, 6.07) is 0.408. The molecule has 66 valence electrons. The van der Waals surface area contributed by atoms with Gasteiger partial charge in [0.1, 0.15) is 0 Å². The first-order valence-corrected chi connectivity index (χ1v) is 4.96. The molecule has 0 heterocycles. The van der Waals surface area contributed by atoms with Crippen molar-refractivity contribution < 1.29 is 0 Å². The lowest BCUT2D eigenvalue weighted by molar-refractivity contribution is 0.276. The van der Waals surface area contributed by atoms with Gasteiger partial charge in [0, 0.05) is 6.04 Å². The lowest BCUT2D eigenvalue weighted by atomic mass is 9.84. The number of nitrogens with one attached hydrogen (secondary N) is 1. The van der Waals surface area contributed by atoms with E-state index in [2.05, 4.69) is 18.4 Å². The SMILES string of the molecule is CC(NC#N)C1CC2CCC1C2. The van der Waals surface area contributed by atoms with Gasteiger partial charge < -0.3 is 5.32 Å². The number of hydrogen-bond acceptors (Lipinski definition) is 2. The molecule has 0 aromatic rings. The minimum absolute atomic E-state index is 0.408. The first-order chi connectivity index (χ1) is 5.81. The average molecular weight is 164 g/mol. The van der Waals surface area contributed by atoms with Crippen molar-refractivity contribution >= 4 is 0 Å². The fraction of sp³-hybridized carbons (Fsp3) is 0.900. The van der Waals surface area contributed by atoms with Crippen LogP contribution in [-0.2, 0) is 0 Å². The number of hydrogen-bond donors (Lipinski definition) is 1. The van der Waals surface area contributed by atoms with Crippen LogP contribution in [0.2, 0.25) is 0 Å². The molecule has 4 unspecified atom stereocenters. The molecular formula is C10H16N2. The van der Waals surface area contributed by atoms with Crippen LogP contribution < -0.4 is 5.32 Å². The molecule has 2 rings (SSSR count). The first kappa shape index (κ1) is 7.91. The van der Waals surface area contributed by atoms with Gasteiger partial charge in [0.15, 0.2) is 6.19 Å². The number of fused-ring (bicyclic) bond motifs is 2. The molecule has 0 aromatic heterocycles. The van der Waals surface area contributed by atoms with E-state index in [9.17, 15) is 0 Å². The molecular weight excluding hydrogens is 148 g/mol. The maximum atomic E-state index is 8.51. The Kier molecular flexibility index (Phi) is 1.96. The Bertz CT molecular complexity index is 206. The number of nitrogens with zero attached hydrogens (tertiary/aromatic N) is 1. The molecule has 1 N–H and O–H groups in total. The smallest absolute Gasteiger partial charge is 0.176 e. The van der Waals surface area contributed by atoms with Crippen LogP contribution in [-0.4, -0.2) is 6.04 Å². The summed E-state index contributed by atoms with van der Waals surface area (Å²) < 4.78 is 0. The zero-order valence-electron chi connectivity index (χ0n) is 7.59. The third-order valence-corrected chi connectivity index (χ3v) is 3.73. The molecule has 0 radical (unpaired) electrons. The highest BCUT2D eigenvalue weighted by Gasteiger charge is 2.41. The summed E-state index contributed by atoms with van der Waals surface area (Å²) in [7, 11) is 0. The van der Waals surface area contributed by atoms with Crippen LogP contribution in [0.1, 0.15) is 32.6 Å². The summed E-state index contributed by atoms with van der Waals surface area (Å²) in [5.74, 6) is 2.69. The highest BCUT2D eigenvalue weighted by Crippen LogP contribution is 2.49. The van der Waals surface area contributed by atoms with Crippen molar-refractivity contribution in [3.8, 4) is 6.19 Å². The lowest BCUT2D eigenvalue weighted by Crippen LogP contribution is -2.33. The minimum Gasteiger partial charge on any atom is -0.321 e. The summed E-state index contributed by atoms with van der Waals surface area (Å²) in [6.07, 6.45) is 7.70. The highest BCUT2D eigenvalue weighted by molar-refractivity contribution is 4.95. The first-order valence-electron chi connectivity index (χ1n) is 4.96. The van der Waals surface area contributed by atoms with E-state index in [1.807, 2.05) is 0 Å². The second kappa shape index (κ2) is 2.97. The summed E-state index contributed by atoms with van der Waals surface area (Å²) in [5, 5.41) is 11.4. The summed E-state index contributed by atoms with van der Waals surface area (Å²) in [5.41, 5.74) is 0. The molecule has 2 aliphatic rings. The Morgan fingerprint density at radius 3 is 2.75 bits per heavy atom. The molecule has 2 nitrogen and oxygen atoms in total. The molecule has 2 heteroatoms. The minimum atomic E-state index is 0.408. The molecule has 2 aliphatic carbocycles. The second-order valence-electron chi connectivity index (χ2n) is 4.38. The van der Waals surface area contributed by atoms with Crippen molar-refractivity contribution in [3.63, 3.8) is 0 Å². The Morgan fingerprint density at radius 2 is 2.25 bits per heavy atom. The van der Waals surface area contributed by atoms with E-state index >= 15 is 0 Å². The summed E-state index contributed by atoms with van der Waals surface area (Å²) >= 11 is 0. The fourth-order valence-corrected chi connectivity index (χ4v) is 3.12. The second-order valence-corrected chi connectivity index (χ2v) is 4.38. The largest absolute Gasteiger partial charge is 0.321 e. The molecule has 0 aromatic carbocycles. The normalized spacial score (nSPS) is 40.8. The molecule has 0 saturated heterocycles. The highest BCUT2D eigenvalue weighted by atomic mass is 14.9. The van der Waals surface area contributed by atoms with Gasteiger partial charge in [-0.05, 0) is 43.9 Å². The van der Waals surface area contributed by atoms with Crippen molar-refractivity contribution in [2.75, 3.05) is 0 Å². The van der Waals surface area contributed by atoms with E-state index in [4.69, 9.17) is 5.26 Å². The zero-order valence-corrected chi connectivity index (χ0v) is 7.59. The lowest BCUT2D eigenvalue weighted by Gasteiger charge is -2.26. The van der Waals surface area contributed by atoms with E-state index in [0.29, 0.717) is 6.04 Å². The van der Waals surface area contributed by atoms with Crippen LogP contribution in [0.5, 0.6) is 0 Å². The third-order valence-electron chi connectivity index (χ3n) is 3.73. The van der Waals surface area contributed by atoms with Gasteiger partial charge in [0.25, 0.3) is 0 Å². The van der Waals surface area contributed by atoms with Crippen LogP contribution in [0.4, 0.5) is 0 Å². The van der Waals surface area contributed by atoms with Crippen LogP contribution in [0.25, 0.3) is 0 Å². The molecule has 12 heavy (non-hydrogen) atoms. The predicted molar refractivity (Wildman–Crippen MR) is 47.1 cm³/mol. The molecule has 4 atom stereocenters. The molecule has 2 fully saturated rings. The van der Waals surface area contributed by atoms with Crippen LogP contribution >= 0.6 is 0 Å². The van der Waals surface area contributed by atoms with Gasteiger partial charge in [-0.3, -0.25) is 0 Å². The van der Waals surface area contributed by atoms with Crippen LogP contribution in [0.15, 0.2) is 0 Å². The van der Waals surface area contributed by atoms with Crippen molar-refractivity contribution in [1.29, 1.82) is 5.26 Å². The van der Waals surface area contributed by atoms with Crippen LogP contribution in [0.3, 0.4) is 0 Å². The Hall–Kier alpha value is -0.710. The van der Waals surface area contributed by atoms with Crippen LogP contribution in [0, 0.1) is 29.2 Å². The Balaban J connectivity index is 1.94. The van der Waals surface area contributed by atoms with E-state index in [1.165, 1.54) is 25.7 Å². The van der Waals surface area contributed by atoms with Gasteiger partial charge >= 0.3 is 0 Å². The van der Waals surface area contributed by atoms with Crippen molar-refractivity contribution in [2.24, 2.45) is 17.8 Å². The van der Waals surface area contributed by atoms with E-state index < -0.39 is 0 Å². The monoisotopic (exact) mass is 164 g/mol. The zero-order chi connectivity index (χ0) is 8.55. The Labute approximate surface area is 74.0 Å². The maximum absolute atomic E-state index is 8.51. The van der Waals surface area contributed by atoms with Gasteiger partial charge in [-0.1, -0.05) is 6.42 Å². The van der Waals surface area contributed by atoms with Gasteiger partial charge in [-0.15, -0.1) is 0 Å². The number of nitriles is 1. The Morgan fingerprint density at radius 1 is 1.42 bits per heavy atom. The average Bonchev–Trinajstić information content (AvgIpc) is 2.64. The van der Waals surface area contributed by atoms with E-state index in [-0.39, 0.29) is 0 Å². The fourth-order valence-electron chi connectivity index (χ4n) is 3.12. The van der Waals surface area contributed by atoms with Crippen molar-refractivity contribution in [2.45, 2.75) is 38.6 Å². The standard InChI is InChI=1S/C10H16N2/c1-7(12-6-11)10-5-8-2-3-9(10)4-8/h7-10,12H,2-5H2,1H3. The van der Waals surface area contributed by atoms with Gasteiger partial charge in [0.2, 0.25) is 0 Å². The van der Waals surface area contributed by atoms with Crippen molar-refractivity contribution in [3.05, 3.63) is 0 Å². The quantitative estimate of drug-likeness (QED) is 0.499. The topological polar surface area (TPSA) is 35.8 Å². The van der Waals surface area contributed by atoms with Crippen molar-refractivity contribution in [1.82, 2.24) is 5.32 Å². The molecule has 0 spiro atoms. The van der Waals surface area contributed by atoms with Gasteiger partial charge in [-0.2, -0.15) is 5.26 Å². The molecule has 0 amide bonds. The van der Waals surface area contributed by atoms with Gasteiger partial charge in [-0.25, -0.2) is 0 Å². The number of rotatable bonds is 2. The summed E-state index contributed by atoms with van der Waals surface area (Å²) in [4.78, 5) is 0. The molecule has 2 saturated carbocycles. The predicted octanol–water partition coefficient (Wildman–Crippen LogP) is 1.88. The van der Waals surface area contributed by atoms with E-state index in [1.54, 1.807) is 0 Å². The summed E-state index contributed by atoms with van der Waals surface area (Å²) in [6.45, 7) is 2.15. The maximum Gasteiger partial charge on any atom is 0.176 e. The molecule has 0 aliphatic heterocycles. The van der Waals surface area contributed by atoms with E-state index in [0.717, 1.165) is 17.8 Å². The van der Waals surface area contributed by atoms with Gasteiger partial charge in [0.05, 0.1) is 0 Å².